The highest BCUT2D eigenvalue weighted by molar-refractivity contribution is 5.71. The van der Waals surface area contributed by atoms with Crippen LogP contribution in [0.5, 0.6) is 0 Å². The largest absolute Gasteiger partial charge is 0.481 e. The second-order valence-electron chi connectivity index (χ2n) is 4.85. The topological polar surface area (TPSA) is 46.5 Å². The van der Waals surface area contributed by atoms with Crippen molar-refractivity contribution in [3.63, 3.8) is 0 Å². The van der Waals surface area contributed by atoms with Gasteiger partial charge in [-0.05, 0) is 31.6 Å². The lowest BCUT2D eigenvalue weighted by atomic mass is 9.92. The Morgan fingerprint density at radius 3 is 2.53 bits per heavy atom. The predicted molar refractivity (Wildman–Crippen MR) is 56.7 cm³/mol. The molecule has 3 nitrogen and oxygen atoms in total. The van der Waals surface area contributed by atoms with Gasteiger partial charge < -0.3 is 9.84 Å². The number of rotatable bonds is 3. The molecule has 3 heteroatoms. The van der Waals surface area contributed by atoms with Gasteiger partial charge >= 0.3 is 5.97 Å². The zero-order valence-corrected chi connectivity index (χ0v) is 9.32. The number of hydrogen-bond acceptors (Lipinski definition) is 2. The third-order valence-corrected chi connectivity index (χ3v) is 3.93. The first-order valence-electron chi connectivity index (χ1n) is 6.10. The molecule has 0 bridgehead atoms. The zero-order chi connectivity index (χ0) is 10.8. The van der Waals surface area contributed by atoms with E-state index in [0.717, 1.165) is 12.8 Å². The van der Waals surface area contributed by atoms with Crippen LogP contribution in [-0.4, -0.2) is 23.3 Å². The highest BCUT2D eigenvalue weighted by Crippen LogP contribution is 2.39. The molecule has 86 valence electrons. The van der Waals surface area contributed by atoms with Crippen LogP contribution in [0.15, 0.2) is 0 Å². The molecule has 3 unspecified atom stereocenters. The summed E-state index contributed by atoms with van der Waals surface area (Å²) in [4.78, 5) is 11.1. The quantitative estimate of drug-likeness (QED) is 0.781. The molecule has 15 heavy (non-hydrogen) atoms. The van der Waals surface area contributed by atoms with Crippen LogP contribution in [0.25, 0.3) is 0 Å². The van der Waals surface area contributed by atoms with Crippen LogP contribution < -0.4 is 0 Å². The van der Waals surface area contributed by atoms with E-state index in [-0.39, 0.29) is 18.1 Å². The van der Waals surface area contributed by atoms with E-state index in [4.69, 9.17) is 9.84 Å². The molecule has 0 aromatic rings. The summed E-state index contributed by atoms with van der Waals surface area (Å²) in [6.07, 6.45) is 6.77. The summed E-state index contributed by atoms with van der Waals surface area (Å²) in [7, 11) is 0. The Hall–Kier alpha value is -0.570. The first kappa shape index (κ1) is 10.9. The molecular weight excluding hydrogens is 192 g/mol. The van der Waals surface area contributed by atoms with Crippen LogP contribution >= 0.6 is 0 Å². The van der Waals surface area contributed by atoms with Crippen molar-refractivity contribution in [1.29, 1.82) is 0 Å². The lowest BCUT2D eigenvalue weighted by Gasteiger charge is -2.18. The summed E-state index contributed by atoms with van der Waals surface area (Å²) in [5.41, 5.74) is 0. The summed E-state index contributed by atoms with van der Waals surface area (Å²) in [5, 5.41) is 9.10. The molecule has 3 atom stereocenters. The van der Waals surface area contributed by atoms with E-state index < -0.39 is 5.97 Å². The number of carboxylic acid groups (broad SMARTS) is 1. The molecule has 0 aromatic heterocycles. The molecular formula is C12H20O3. The van der Waals surface area contributed by atoms with Crippen molar-refractivity contribution < 1.29 is 14.6 Å². The van der Waals surface area contributed by atoms with E-state index in [1.807, 2.05) is 6.92 Å². The number of aliphatic carboxylic acids is 1. The van der Waals surface area contributed by atoms with Crippen molar-refractivity contribution in [2.24, 2.45) is 11.8 Å². The fourth-order valence-electron chi connectivity index (χ4n) is 3.05. The molecule has 1 N–H and O–H groups in total. The number of carboxylic acids is 1. The average Bonchev–Trinajstić information content (AvgIpc) is 2.86. The van der Waals surface area contributed by atoms with Gasteiger partial charge in [0.15, 0.2) is 0 Å². The van der Waals surface area contributed by atoms with E-state index in [1.54, 1.807) is 0 Å². The van der Waals surface area contributed by atoms with Gasteiger partial charge in [0.05, 0.1) is 18.1 Å². The maximum atomic E-state index is 11.1. The van der Waals surface area contributed by atoms with Crippen LogP contribution in [0, 0.1) is 11.8 Å². The van der Waals surface area contributed by atoms with E-state index in [2.05, 4.69) is 0 Å². The minimum absolute atomic E-state index is 0.0481. The van der Waals surface area contributed by atoms with Crippen LogP contribution in [0.3, 0.4) is 0 Å². The monoisotopic (exact) mass is 212 g/mol. The number of carbonyl (C=O) groups is 1. The molecule has 0 aromatic carbocycles. The second-order valence-corrected chi connectivity index (χ2v) is 4.85. The zero-order valence-electron chi connectivity index (χ0n) is 9.32. The first-order chi connectivity index (χ1) is 7.22. The summed E-state index contributed by atoms with van der Waals surface area (Å²) >= 11 is 0. The predicted octanol–water partition coefficient (Wildman–Crippen LogP) is 2.44. The summed E-state index contributed by atoms with van der Waals surface area (Å²) < 4.78 is 5.89. The molecule has 1 aliphatic heterocycles. The van der Waals surface area contributed by atoms with Crippen molar-refractivity contribution in [3.05, 3.63) is 0 Å². The van der Waals surface area contributed by atoms with Gasteiger partial charge in [-0.25, -0.2) is 0 Å². The fraction of sp³-hybridized carbons (Fsp3) is 0.917. The summed E-state index contributed by atoms with van der Waals surface area (Å²) in [6, 6.07) is 0. The molecule has 0 spiro atoms. The van der Waals surface area contributed by atoms with Gasteiger partial charge in [-0.1, -0.05) is 19.8 Å². The molecule has 1 saturated carbocycles. The number of ether oxygens (including phenoxy) is 1. The summed E-state index contributed by atoms with van der Waals surface area (Å²) in [6.45, 7) is 2.01. The Balaban J connectivity index is 1.97. The lowest BCUT2D eigenvalue weighted by Crippen LogP contribution is -2.22. The molecule has 2 aliphatic rings. The van der Waals surface area contributed by atoms with Gasteiger partial charge in [0.1, 0.15) is 0 Å². The molecule has 0 amide bonds. The van der Waals surface area contributed by atoms with Gasteiger partial charge in [0.2, 0.25) is 0 Å². The maximum Gasteiger partial charge on any atom is 0.309 e. The van der Waals surface area contributed by atoms with E-state index >= 15 is 0 Å². The Labute approximate surface area is 90.8 Å². The van der Waals surface area contributed by atoms with Crippen LogP contribution in [-0.2, 0) is 9.53 Å². The molecule has 2 rings (SSSR count). The molecule has 1 aliphatic carbocycles. The Bertz CT molecular complexity index is 233. The van der Waals surface area contributed by atoms with Crippen molar-refractivity contribution in [2.75, 3.05) is 0 Å². The van der Waals surface area contributed by atoms with Gasteiger partial charge in [0.25, 0.3) is 0 Å². The standard InChI is InChI=1S/C12H20O3/c1-2-10-9(12(13)14)7-11(15-10)8-5-3-4-6-8/h8-11H,2-7H2,1H3,(H,13,14). The van der Waals surface area contributed by atoms with E-state index in [1.165, 1.54) is 25.7 Å². The van der Waals surface area contributed by atoms with Gasteiger partial charge in [-0.2, -0.15) is 0 Å². The maximum absolute atomic E-state index is 11.1. The van der Waals surface area contributed by atoms with E-state index in [9.17, 15) is 4.79 Å². The normalized spacial score (nSPS) is 37.3. The van der Waals surface area contributed by atoms with E-state index in [0.29, 0.717) is 5.92 Å². The van der Waals surface area contributed by atoms with Crippen LogP contribution in [0.1, 0.15) is 45.4 Å². The Morgan fingerprint density at radius 1 is 1.40 bits per heavy atom. The smallest absolute Gasteiger partial charge is 0.309 e. The lowest BCUT2D eigenvalue weighted by molar-refractivity contribution is -0.143. The molecule has 1 heterocycles. The van der Waals surface area contributed by atoms with Gasteiger partial charge in [0, 0.05) is 0 Å². The third kappa shape index (κ3) is 2.17. The minimum Gasteiger partial charge on any atom is -0.481 e. The Morgan fingerprint density at radius 2 is 2.07 bits per heavy atom. The van der Waals surface area contributed by atoms with Gasteiger partial charge in [-0.15, -0.1) is 0 Å². The molecule has 0 radical (unpaired) electrons. The third-order valence-electron chi connectivity index (χ3n) is 3.93. The minimum atomic E-state index is -0.678. The second kappa shape index (κ2) is 4.52. The van der Waals surface area contributed by atoms with Crippen LogP contribution in [0.2, 0.25) is 0 Å². The molecule has 2 fully saturated rings. The highest BCUT2D eigenvalue weighted by Gasteiger charge is 2.42. The van der Waals surface area contributed by atoms with Gasteiger partial charge in [-0.3, -0.25) is 4.79 Å². The first-order valence-corrected chi connectivity index (χ1v) is 6.10. The molecule has 1 saturated heterocycles. The Kier molecular flexibility index (Phi) is 3.29. The number of hydrogen-bond donors (Lipinski definition) is 1. The average molecular weight is 212 g/mol. The van der Waals surface area contributed by atoms with Crippen molar-refractivity contribution >= 4 is 5.97 Å². The van der Waals surface area contributed by atoms with Crippen molar-refractivity contribution in [2.45, 2.75) is 57.7 Å². The van der Waals surface area contributed by atoms with Crippen molar-refractivity contribution in [3.8, 4) is 0 Å². The fourth-order valence-corrected chi connectivity index (χ4v) is 3.05. The summed E-state index contributed by atoms with van der Waals surface area (Å²) in [5.74, 6) is -0.314. The highest BCUT2D eigenvalue weighted by atomic mass is 16.5. The van der Waals surface area contributed by atoms with Crippen molar-refractivity contribution in [1.82, 2.24) is 0 Å². The SMILES string of the molecule is CCC1OC(C2CCCC2)CC1C(=O)O. The van der Waals surface area contributed by atoms with Crippen LogP contribution in [0.4, 0.5) is 0 Å².